The molecule has 11 nitrogen and oxygen atoms in total. The summed E-state index contributed by atoms with van der Waals surface area (Å²) in [5, 5.41) is 10.0. The van der Waals surface area contributed by atoms with Crippen molar-refractivity contribution >= 4 is 50.3 Å². The molecule has 3 aromatic carbocycles. The molecule has 0 bridgehead atoms. The molecular weight excluding hydrogens is 552 g/mol. The summed E-state index contributed by atoms with van der Waals surface area (Å²) in [6.45, 7) is -0.714. The van der Waals surface area contributed by atoms with Crippen LogP contribution in [-0.2, 0) is 14.8 Å². The number of hydrogen-bond acceptors (Lipinski definition) is 9. The lowest BCUT2D eigenvalue weighted by atomic mass is 10.0. The highest BCUT2D eigenvalue weighted by molar-refractivity contribution is 7.92. The number of carbonyl (C=O) groups excluding carboxylic acids is 2. The number of hydrogen-bond donors (Lipinski definition) is 2. The Morgan fingerprint density at radius 3 is 2.36 bits per heavy atom. The summed E-state index contributed by atoms with van der Waals surface area (Å²) in [6, 6.07) is 16.1. The van der Waals surface area contributed by atoms with Crippen LogP contribution in [0, 0.1) is 0 Å². The molecule has 0 aliphatic heterocycles. The van der Waals surface area contributed by atoms with Gasteiger partial charge < -0.3 is 29.5 Å². The number of primary amides is 1. The number of aliphatic hydroxyl groups is 1. The zero-order chi connectivity index (χ0) is 28.3. The van der Waals surface area contributed by atoms with E-state index >= 15 is 0 Å². The number of anilines is 1. The van der Waals surface area contributed by atoms with Gasteiger partial charge in [-0.25, -0.2) is 18.0 Å². The molecule has 4 rings (SSSR count). The number of amides is 1. The normalized spacial score (nSPS) is 11.3. The van der Waals surface area contributed by atoms with Crippen LogP contribution in [-0.4, -0.2) is 52.1 Å². The third-order valence-electron chi connectivity index (χ3n) is 5.54. The minimum absolute atomic E-state index is 0.0211. The van der Waals surface area contributed by atoms with E-state index in [0.717, 1.165) is 10.6 Å². The van der Waals surface area contributed by atoms with E-state index in [0.29, 0.717) is 22.1 Å². The van der Waals surface area contributed by atoms with Crippen LogP contribution >= 0.6 is 11.6 Å². The number of furan rings is 1. The van der Waals surface area contributed by atoms with E-state index in [-0.39, 0.29) is 40.3 Å². The van der Waals surface area contributed by atoms with Crippen molar-refractivity contribution in [2.24, 2.45) is 5.73 Å². The predicted octanol–water partition coefficient (Wildman–Crippen LogP) is 4.55. The minimum atomic E-state index is -3.83. The molecule has 1 heterocycles. The number of nitrogens with zero attached hydrogens (tertiary/aromatic N) is 1. The zero-order valence-corrected chi connectivity index (χ0v) is 22.3. The van der Waals surface area contributed by atoms with E-state index in [1.807, 2.05) is 0 Å². The van der Waals surface area contributed by atoms with Crippen LogP contribution in [0.4, 0.5) is 10.5 Å². The Morgan fingerprint density at radius 1 is 1.08 bits per heavy atom. The van der Waals surface area contributed by atoms with E-state index in [9.17, 15) is 23.1 Å². The second-order valence-corrected chi connectivity index (χ2v) is 10.5. The van der Waals surface area contributed by atoms with Crippen molar-refractivity contribution in [3.63, 3.8) is 0 Å². The van der Waals surface area contributed by atoms with Gasteiger partial charge in [-0.3, -0.25) is 4.31 Å². The van der Waals surface area contributed by atoms with Gasteiger partial charge >= 0.3 is 12.1 Å². The molecule has 0 radical (unpaired) electrons. The molecule has 4 aromatic rings. The molecule has 0 atom stereocenters. The average molecular weight is 575 g/mol. The molecule has 0 unspecified atom stereocenters. The number of nitrogens with two attached hydrogens (primary N) is 1. The van der Waals surface area contributed by atoms with Crippen molar-refractivity contribution in [3.8, 4) is 28.6 Å². The van der Waals surface area contributed by atoms with Gasteiger partial charge in [0.2, 0.25) is 10.0 Å². The first-order valence-corrected chi connectivity index (χ1v) is 13.5. The van der Waals surface area contributed by atoms with E-state index in [1.165, 1.54) is 19.2 Å². The lowest BCUT2D eigenvalue weighted by molar-refractivity contribution is 0.0640. The topological polar surface area (TPSA) is 159 Å². The molecule has 1 aromatic heterocycles. The second-order valence-electron chi connectivity index (χ2n) is 8.15. The maximum Gasteiger partial charge on any atom is 0.412 e. The maximum atomic E-state index is 12.9. The maximum absolute atomic E-state index is 12.9. The number of sulfonamides is 1. The number of rotatable bonds is 9. The van der Waals surface area contributed by atoms with Crippen molar-refractivity contribution in [3.05, 3.63) is 71.2 Å². The minimum Gasteiger partial charge on any atom is -0.495 e. The smallest absolute Gasteiger partial charge is 0.412 e. The molecule has 1 amide bonds. The summed E-state index contributed by atoms with van der Waals surface area (Å²) in [7, 11) is -2.52. The Balaban J connectivity index is 1.86. The number of benzene rings is 3. The highest BCUT2D eigenvalue weighted by atomic mass is 35.5. The first-order chi connectivity index (χ1) is 18.5. The SMILES string of the molecule is COc1cc2c(C(=O)OC(N)=O)c(-c3ccc(Oc4ccccc4Cl)cc3)oc2cc1N(CCO)S(C)(=O)=O. The Labute approximate surface area is 228 Å². The van der Waals surface area contributed by atoms with Crippen LogP contribution in [0.5, 0.6) is 17.2 Å². The van der Waals surface area contributed by atoms with Crippen molar-refractivity contribution in [2.75, 3.05) is 30.8 Å². The van der Waals surface area contributed by atoms with Gasteiger partial charge in [0, 0.05) is 17.0 Å². The molecule has 204 valence electrons. The fourth-order valence-electron chi connectivity index (χ4n) is 3.90. The fourth-order valence-corrected chi connectivity index (χ4v) is 4.99. The van der Waals surface area contributed by atoms with Crippen molar-refractivity contribution < 1.29 is 41.7 Å². The summed E-state index contributed by atoms with van der Waals surface area (Å²) in [4.78, 5) is 24.3. The average Bonchev–Trinajstić information content (AvgIpc) is 3.25. The number of fused-ring (bicyclic) bond motifs is 1. The van der Waals surface area contributed by atoms with Crippen LogP contribution in [0.25, 0.3) is 22.3 Å². The van der Waals surface area contributed by atoms with Crippen LogP contribution < -0.4 is 19.5 Å². The summed E-state index contributed by atoms with van der Waals surface area (Å²) < 4.78 is 47.6. The van der Waals surface area contributed by atoms with Gasteiger partial charge in [0.15, 0.2) is 0 Å². The van der Waals surface area contributed by atoms with Gasteiger partial charge in [-0.2, -0.15) is 0 Å². The number of para-hydroxylation sites is 1. The monoisotopic (exact) mass is 574 g/mol. The molecule has 13 heteroatoms. The largest absolute Gasteiger partial charge is 0.495 e. The van der Waals surface area contributed by atoms with Gasteiger partial charge in [-0.15, -0.1) is 0 Å². The fraction of sp³-hybridized carbons (Fsp3) is 0.154. The lowest BCUT2D eigenvalue weighted by Gasteiger charge is -2.23. The number of methoxy groups -OCH3 is 1. The highest BCUT2D eigenvalue weighted by Crippen LogP contribution is 2.41. The summed E-state index contributed by atoms with van der Waals surface area (Å²) in [5.41, 5.74) is 5.50. The van der Waals surface area contributed by atoms with Gasteiger partial charge in [0.25, 0.3) is 0 Å². The van der Waals surface area contributed by atoms with Gasteiger partial charge in [0.05, 0.1) is 37.2 Å². The van der Waals surface area contributed by atoms with Crippen molar-refractivity contribution in [1.82, 2.24) is 0 Å². The summed E-state index contributed by atoms with van der Waals surface area (Å²) in [6.07, 6.45) is -0.347. The lowest BCUT2D eigenvalue weighted by Crippen LogP contribution is -2.32. The highest BCUT2D eigenvalue weighted by Gasteiger charge is 2.29. The molecule has 0 fully saturated rings. The molecule has 0 aliphatic carbocycles. The Kier molecular flexibility index (Phi) is 8.00. The number of halogens is 1. The molecule has 3 N–H and O–H groups in total. The Hall–Kier alpha value is -4.26. The van der Waals surface area contributed by atoms with E-state index < -0.39 is 28.7 Å². The Morgan fingerprint density at radius 2 is 1.77 bits per heavy atom. The van der Waals surface area contributed by atoms with Gasteiger partial charge in [-0.1, -0.05) is 23.7 Å². The van der Waals surface area contributed by atoms with Crippen LogP contribution in [0.3, 0.4) is 0 Å². The summed E-state index contributed by atoms with van der Waals surface area (Å²) in [5.74, 6) is -0.115. The number of carbonyl (C=O) groups is 2. The molecular formula is C26H23ClN2O9S. The number of ether oxygens (including phenoxy) is 3. The quantitative estimate of drug-likeness (QED) is 0.216. The first kappa shape index (κ1) is 27.8. The van der Waals surface area contributed by atoms with Gasteiger partial charge in [-0.05, 0) is 42.5 Å². The van der Waals surface area contributed by atoms with E-state index in [2.05, 4.69) is 4.74 Å². The van der Waals surface area contributed by atoms with E-state index in [4.69, 9.17) is 31.2 Å². The van der Waals surface area contributed by atoms with Crippen LogP contribution in [0.15, 0.2) is 65.1 Å². The molecule has 0 aliphatic rings. The number of esters is 1. The predicted molar refractivity (Wildman–Crippen MR) is 144 cm³/mol. The Bertz CT molecular complexity index is 1650. The third kappa shape index (κ3) is 5.93. The molecule has 0 saturated heterocycles. The zero-order valence-electron chi connectivity index (χ0n) is 20.7. The molecule has 0 spiro atoms. The van der Waals surface area contributed by atoms with Gasteiger partial charge in [0.1, 0.15) is 34.2 Å². The van der Waals surface area contributed by atoms with E-state index in [1.54, 1.807) is 48.5 Å². The first-order valence-electron chi connectivity index (χ1n) is 11.3. The molecule has 0 saturated carbocycles. The van der Waals surface area contributed by atoms with Crippen molar-refractivity contribution in [2.45, 2.75) is 0 Å². The van der Waals surface area contributed by atoms with Crippen molar-refractivity contribution in [1.29, 1.82) is 0 Å². The van der Waals surface area contributed by atoms with Crippen LogP contribution in [0.1, 0.15) is 10.4 Å². The second kappa shape index (κ2) is 11.2. The third-order valence-corrected chi connectivity index (χ3v) is 7.03. The molecule has 39 heavy (non-hydrogen) atoms. The summed E-state index contributed by atoms with van der Waals surface area (Å²) >= 11 is 6.16. The number of aliphatic hydroxyl groups excluding tert-OH is 1. The van der Waals surface area contributed by atoms with Crippen LogP contribution in [0.2, 0.25) is 5.02 Å². The standard InChI is InChI=1S/C26H23ClN2O9S/c1-35-22-13-17-21(14-19(22)29(11-12-30)39(2,33)34)37-24(23(17)25(31)38-26(28)32)15-7-9-16(10-8-15)36-20-6-4-3-5-18(20)27/h3-10,13-14,30H,11-12H2,1-2H3,(H2,28,32).